The van der Waals surface area contributed by atoms with E-state index in [-0.39, 0.29) is 18.9 Å². The Labute approximate surface area is 233 Å². The predicted octanol–water partition coefficient (Wildman–Crippen LogP) is 3.15. The van der Waals surface area contributed by atoms with E-state index >= 15 is 0 Å². The van der Waals surface area contributed by atoms with Crippen LogP contribution in [-0.2, 0) is 4.79 Å². The lowest BCUT2D eigenvalue weighted by Gasteiger charge is -2.55. The molecule has 0 aromatic carbocycles. The Balaban J connectivity index is 1.66. The molecule has 0 amide bonds. The summed E-state index contributed by atoms with van der Waals surface area (Å²) in [5.74, 6) is -3.77. The summed E-state index contributed by atoms with van der Waals surface area (Å²) in [5, 5.41) is 58.7. The summed E-state index contributed by atoms with van der Waals surface area (Å²) in [6.07, 6.45) is 12.7. The second-order valence-electron chi connectivity index (χ2n) is 13.4. The molecule has 0 radical (unpaired) electrons. The molecular formula is C31H50N2O6. The van der Waals surface area contributed by atoms with Gasteiger partial charge in [0.2, 0.25) is 0 Å². The van der Waals surface area contributed by atoms with Crippen molar-refractivity contribution in [2.24, 2.45) is 39.8 Å². The second kappa shape index (κ2) is 10.4. The maximum Gasteiger partial charge on any atom is 0.193 e. The average molecular weight is 547 g/mol. The molecule has 0 saturated heterocycles. The number of aliphatic hydroxyl groups excluding tert-OH is 1. The number of carbonyl (C=O) groups excluding carboxylic acids is 1. The standard InChI is InChI=1S/C31H50N2O6/c1-6-7-8-9-10-11-12-13-14-24(32)33-31(39)20(3)29(37)22(25-27(4,5)30(25,31)38)16-21(18-34)17-28(36)23(29)15-19(2)26(28)35/h15-16,20,22-23,25,34,36-39H,6-14,17-18H2,1-5H3,(H2,32,33)/t20-,22-,23+,25-,28+,29+,30-,31+/m0/s1. The van der Waals surface area contributed by atoms with Crippen LogP contribution in [0.5, 0.6) is 0 Å². The molecule has 0 spiro atoms. The molecule has 0 aliphatic heterocycles. The van der Waals surface area contributed by atoms with Gasteiger partial charge < -0.3 is 31.3 Å². The summed E-state index contributed by atoms with van der Waals surface area (Å²) in [6.45, 7) is 8.69. The lowest BCUT2D eigenvalue weighted by Crippen LogP contribution is -2.70. The zero-order valence-corrected chi connectivity index (χ0v) is 24.4. The second-order valence-corrected chi connectivity index (χ2v) is 13.4. The van der Waals surface area contributed by atoms with E-state index in [1.54, 1.807) is 26.0 Å². The molecule has 4 aliphatic carbocycles. The van der Waals surface area contributed by atoms with Crippen LogP contribution in [0.1, 0.15) is 98.8 Å². The molecule has 0 aromatic rings. The zero-order chi connectivity index (χ0) is 29.0. The number of amidine groups is 1. The van der Waals surface area contributed by atoms with Crippen LogP contribution in [0, 0.1) is 29.1 Å². The Morgan fingerprint density at radius 2 is 1.62 bits per heavy atom. The quantitative estimate of drug-likeness (QED) is 0.101. The van der Waals surface area contributed by atoms with Crippen molar-refractivity contribution in [1.29, 1.82) is 0 Å². The van der Waals surface area contributed by atoms with Crippen LogP contribution in [0.2, 0.25) is 0 Å². The summed E-state index contributed by atoms with van der Waals surface area (Å²) in [4.78, 5) is 17.7. The van der Waals surface area contributed by atoms with Crippen molar-refractivity contribution in [2.75, 3.05) is 6.61 Å². The normalized spacial score (nSPS) is 42.7. The lowest BCUT2D eigenvalue weighted by atomic mass is 9.57. The number of ketones is 1. The van der Waals surface area contributed by atoms with Crippen molar-refractivity contribution >= 4 is 11.6 Å². The monoisotopic (exact) mass is 546 g/mol. The summed E-state index contributed by atoms with van der Waals surface area (Å²) < 4.78 is 0. The largest absolute Gasteiger partial charge is 0.392 e. The van der Waals surface area contributed by atoms with E-state index in [9.17, 15) is 30.3 Å². The minimum absolute atomic E-state index is 0.125. The first-order chi connectivity index (χ1) is 18.2. The highest BCUT2D eigenvalue weighted by Crippen LogP contribution is 2.78. The van der Waals surface area contributed by atoms with E-state index in [0.29, 0.717) is 17.6 Å². The highest BCUT2D eigenvalue weighted by molar-refractivity contribution is 6.04. The summed E-state index contributed by atoms with van der Waals surface area (Å²) in [5.41, 5.74) is -1.35. The van der Waals surface area contributed by atoms with Gasteiger partial charge in [-0.05, 0) is 24.5 Å². The van der Waals surface area contributed by atoms with Gasteiger partial charge in [0.15, 0.2) is 11.5 Å². The predicted molar refractivity (Wildman–Crippen MR) is 151 cm³/mol. The average Bonchev–Trinajstić information content (AvgIpc) is 3.29. The van der Waals surface area contributed by atoms with E-state index in [1.807, 2.05) is 13.8 Å². The molecule has 0 aromatic heterocycles. The van der Waals surface area contributed by atoms with Crippen molar-refractivity contribution in [3.8, 4) is 0 Å². The number of fused-ring (bicyclic) bond motifs is 5. The van der Waals surface area contributed by atoms with Gasteiger partial charge in [0, 0.05) is 41.9 Å². The maximum absolute atomic E-state index is 13.2. The van der Waals surface area contributed by atoms with Gasteiger partial charge in [-0.2, -0.15) is 0 Å². The lowest BCUT2D eigenvalue weighted by molar-refractivity contribution is -0.249. The molecule has 0 heterocycles. The minimum atomic E-state index is -2.14. The third-order valence-electron chi connectivity index (χ3n) is 10.8. The maximum atomic E-state index is 13.2. The van der Waals surface area contributed by atoms with E-state index in [1.165, 1.54) is 32.1 Å². The Kier molecular flexibility index (Phi) is 8.07. The van der Waals surface area contributed by atoms with Gasteiger partial charge in [-0.15, -0.1) is 0 Å². The van der Waals surface area contributed by atoms with Gasteiger partial charge in [0.1, 0.15) is 11.2 Å². The first-order valence-corrected chi connectivity index (χ1v) is 14.9. The molecule has 39 heavy (non-hydrogen) atoms. The SMILES string of the molecule is CCCCCCCCCCC(N)=N[C@@]1(O)[C@@H](C)[C@@]2(O)[C@@H](C=C(CO)C[C@]3(O)C(=O)C(C)=C[C@@H]23)[C@H]2C(C)(C)[C@@]21O. The van der Waals surface area contributed by atoms with Gasteiger partial charge in [0.05, 0.1) is 18.0 Å². The van der Waals surface area contributed by atoms with Crippen molar-refractivity contribution in [2.45, 2.75) is 121 Å². The van der Waals surface area contributed by atoms with Crippen LogP contribution in [0.3, 0.4) is 0 Å². The van der Waals surface area contributed by atoms with Crippen molar-refractivity contribution in [3.05, 3.63) is 23.3 Å². The Hall–Kier alpha value is -1.58. The van der Waals surface area contributed by atoms with Gasteiger partial charge in [-0.1, -0.05) is 84.8 Å². The van der Waals surface area contributed by atoms with Crippen LogP contribution >= 0.6 is 0 Å². The molecule has 8 atom stereocenters. The number of nitrogens with two attached hydrogens (primary N) is 1. The number of hydrogen-bond donors (Lipinski definition) is 6. The van der Waals surface area contributed by atoms with Gasteiger partial charge in [-0.25, -0.2) is 4.99 Å². The first kappa shape index (κ1) is 30.4. The van der Waals surface area contributed by atoms with Gasteiger partial charge >= 0.3 is 0 Å². The number of Topliss-reactive ketones (excluding diaryl/α,β-unsaturated/α-hetero) is 1. The molecule has 2 fully saturated rings. The molecule has 2 saturated carbocycles. The van der Waals surface area contributed by atoms with E-state index in [0.717, 1.165) is 19.3 Å². The third kappa shape index (κ3) is 4.28. The smallest absolute Gasteiger partial charge is 0.193 e. The fraction of sp³-hybridized carbons (Fsp3) is 0.806. The van der Waals surface area contributed by atoms with Crippen molar-refractivity contribution in [1.82, 2.24) is 0 Å². The van der Waals surface area contributed by atoms with Crippen molar-refractivity contribution < 1.29 is 30.3 Å². The van der Waals surface area contributed by atoms with E-state index in [4.69, 9.17) is 5.73 Å². The Morgan fingerprint density at radius 1 is 1.03 bits per heavy atom. The Bertz CT molecular complexity index is 1070. The van der Waals surface area contributed by atoms with Crippen LogP contribution < -0.4 is 5.73 Å². The Morgan fingerprint density at radius 3 is 2.21 bits per heavy atom. The molecular weight excluding hydrogens is 496 g/mol. The highest BCUT2D eigenvalue weighted by Gasteiger charge is 2.89. The van der Waals surface area contributed by atoms with Crippen LogP contribution in [0.4, 0.5) is 0 Å². The topological polar surface area (TPSA) is 157 Å². The van der Waals surface area contributed by atoms with Gasteiger partial charge in [0.25, 0.3) is 0 Å². The fourth-order valence-corrected chi connectivity index (χ4v) is 8.42. The zero-order valence-electron chi connectivity index (χ0n) is 24.4. The number of nitrogens with zero attached hydrogens (tertiary/aromatic N) is 1. The molecule has 8 nitrogen and oxygen atoms in total. The molecule has 4 aliphatic rings. The minimum Gasteiger partial charge on any atom is -0.392 e. The van der Waals surface area contributed by atoms with E-state index < -0.39 is 57.4 Å². The van der Waals surface area contributed by atoms with E-state index in [2.05, 4.69) is 11.9 Å². The third-order valence-corrected chi connectivity index (χ3v) is 10.8. The molecule has 4 rings (SSSR count). The number of unbranched alkanes of at least 4 members (excludes halogenated alkanes) is 7. The fourth-order valence-electron chi connectivity index (χ4n) is 8.42. The van der Waals surface area contributed by atoms with Crippen LogP contribution in [-0.4, -0.2) is 66.3 Å². The summed E-state index contributed by atoms with van der Waals surface area (Å²) >= 11 is 0. The first-order valence-electron chi connectivity index (χ1n) is 14.9. The van der Waals surface area contributed by atoms with Crippen molar-refractivity contribution in [3.63, 3.8) is 0 Å². The summed E-state index contributed by atoms with van der Waals surface area (Å²) in [6, 6.07) is 0. The number of hydrogen-bond acceptors (Lipinski definition) is 7. The number of aliphatic imine (C=N–C) groups is 1. The van der Waals surface area contributed by atoms with Gasteiger partial charge in [-0.3, -0.25) is 4.79 Å². The number of carbonyl (C=O) groups is 1. The van der Waals surface area contributed by atoms with Crippen LogP contribution in [0.25, 0.3) is 0 Å². The molecule has 8 heteroatoms. The molecule has 7 N–H and O–H groups in total. The molecule has 0 bridgehead atoms. The number of rotatable bonds is 11. The molecule has 0 unspecified atom stereocenters. The molecule has 220 valence electrons. The highest BCUT2D eigenvalue weighted by atomic mass is 16.4. The van der Waals surface area contributed by atoms with Crippen LogP contribution in [0.15, 0.2) is 28.3 Å². The number of aliphatic hydroxyl groups is 5. The summed E-state index contributed by atoms with van der Waals surface area (Å²) in [7, 11) is 0.